The SMILES string of the molecule is [Cl][Co+3][Cl].[O-]B([O-])[O-]. The van der Waals surface area contributed by atoms with Crippen LogP contribution in [0.1, 0.15) is 0 Å². The molecule has 7 heteroatoms. The normalized spacial score (nSPS) is 6.43. The second-order valence-corrected chi connectivity index (χ2v) is 2.06. The van der Waals surface area contributed by atoms with Crippen molar-refractivity contribution in [2.45, 2.75) is 0 Å². The number of halogens is 2. The standard InChI is InChI=1S/BO3.2ClH.Co/c2-1(3)4;;;/h;2*1H;/q-3;;;+5/p-2. The molecule has 0 heterocycles. The summed E-state index contributed by atoms with van der Waals surface area (Å²) < 4.78 is 0. The Morgan fingerprint density at radius 3 is 1.14 bits per heavy atom. The van der Waals surface area contributed by atoms with Crippen molar-refractivity contribution in [1.29, 1.82) is 0 Å². The average molecular weight is 189 g/mol. The van der Waals surface area contributed by atoms with Gasteiger partial charge in [-0.3, -0.25) is 7.32 Å². The predicted molar refractivity (Wildman–Crippen MR) is 17.5 cm³/mol. The van der Waals surface area contributed by atoms with Crippen molar-refractivity contribution >= 4 is 27.6 Å². The second kappa shape index (κ2) is 10.1. The molecule has 0 unspecified atom stereocenters. The van der Waals surface area contributed by atoms with Crippen molar-refractivity contribution in [1.82, 2.24) is 0 Å². The first-order chi connectivity index (χ1) is 3.15. The minimum absolute atomic E-state index is 0.382. The zero-order valence-electron chi connectivity index (χ0n) is 2.89. The van der Waals surface area contributed by atoms with Gasteiger partial charge in [-0.15, -0.1) is 0 Å². The third kappa shape index (κ3) is 167. The fraction of sp³-hybridized carbons (Fsp3) is 0. The maximum atomic E-state index is 8.42. The molecule has 0 fully saturated rings. The first-order valence-electron chi connectivity index (χ1n) is 0.959. The van der Waals surface area contributed by atoms with Gasteiger partial charge in [0.05, 0.1) is 0 Å². The van der Waals surface area contributed by atoms with E-state index >= 15 is 0 Å². The fourth-order valence-electron chi connectivity index (χ4n) is 0. The van der Waals surface area contributed by atoms with Gasteiger partial charge >= 0.3 is 33.2 Å². The van der Waals surface area contributed by atoms with Crippen molar-refractivity contribution in [2.75, 3.05) is 0 Å². The van der Waals surface area contributed by atoms with E-state index in [1.54, 1.807) is 0 Å². The smallest absolute Gasteiger partial charge is 0.278 e. The Bertz CT molecular complexity index is 24.1. The molecule has 7 heavy (non-hydrogen) atoms. The summed E-state index contributed by atoms with van der Waals surface area (Å²) in [5.41, 5.74) is 0. The van der Waals surface area contributed by atoms with Crippen LogP contribution in [0.25, 0.3) is 0 Å². The van der Waals surface area contributed by atoms with E-state index in [9.17, 15) is 0 Å². The van der Waals surface area contributed by atoms with Gasteiger partial charge in [0.25, 0.3) is 0 Å². The molecular weight excluding hydrogens is 189 g/mol. The molecule has 0 aliphatic carbocycles. The van der Waals surface area contributed by atoms with E-state index < -0.39 is 7.32 Å². The Hall–Kier alpha value is 1.03. The minimum atomic E-state index is -2.92. The van der Waals surface area contributed by atoms with E-state index in [0.717, 1.165) is 0 Å². The molecule has 0 rings (SSSR count). The van der Waals surface area contributed by atoms with Crippen LogP contribution in [0.2, 0.25) is 0 Å². The number of hydrogen-bond acceptors (Lipinski definition) is 3. The van der Waals surface area contributed by atoms with Crippen LogP contribution >= 0.6 is 20.3 Å². The summed E-state index contributed by atoms with van der Waals surface area (Å²) in [7, 11) is 6.55. The molecule has 0 amide bonds. The van der Waals surface area contributed by atoms with E-state index in [4.69, 9.17) is 35.4 Å². The molecule has 0 radical (unpaired) electrons. The van der Waals surface area contributed by atoms with Gasteiger partial charge in [0.15, 0.2) is 0 Å². The zero-order chi connectivity index (χ0) is 6.28. The third-order valence-corrected chi connectivity index (χ3v) is 0. The Kier molecular flexibility index (Phi) is 15.8. The van der Waals surface area contributed by atoms with E-state index in [1.807, 2.05) is 0 Å². The number of hydrogen-bond donors (Lipinski definition) is 0. The van der Waals surface area contributed by atoms with Crippen molar-refractivity contribution in [2.24, 2.45) is 0 Å². The number of rotatable bonds is 0. The summed E-state index contributed by atoms with van der Waals surface area (Å²) in [4.78, 5) is 0. The molecule has 0 atom stereocenters. The summed E-state index contributed by atoms with van der Waals surface area (Å²) in [6.45, 7) is 0. The monoisotopic (exact) mass is 188 g/mol. The van der Waals surface area contributed by atoms with Gasteiger partial charge in [0, 0.05) is 0 Å². The second-order valence-electron chi connectivity index (χ2n) is 0.336. The topological polar surface area (TPSA) is 69.2 Å². The van der Waals surface area contributed by atoms with Crippen LogP contribution in [0.4, 0.5) is 0 Å². The van der Waals surface area contributed by atoms with E-state index in [2.05, 4.69) is 0 Å². The Morgan fingerprint density at radius 1 is 1.14 bits per heavy atom. The quantitative estimate of drug-likeness (QED) is 0.393. The molecule has 0 aromatic heterocycles. The fourth-order valence-corrected chi connectivity index (χ4v) is 0. The van der Waals surface area contributed by atoms with Crippen molar-refractivity contribution in [3.63, 3.8) is 0 Å². The molecule has 0 aromatic carbocycles. The summed E-state index contributed by atoms with van der Waals surface area (Å²) >= 11 is 0.382. The van der Waals surface area contributed by atoms with Crippen molar-refractivity contribution in [3.05, 3.63) is 0 Å². The van der Waals surface area contributed by atoms with E-state index in [-0.39, 0.29) is 0 Å². The maximum absolute atomic E-state index is 8.42. The van der Waals surface area contributed by atoms with Crippen LogP contribution in [0.15, 0.2) is 0 Å². The van der Waals surface area contributed by atoms with Gasteiger partial charge in [-0.05, 0) is 0 Å². The van der Waals surface area contributed by atoms with Crippen molar-refractivity contribution < 1.29 is 28.0 Å². The molecule has 44 valence electrons. The van der Waals surface area contributed by atoms with Crippen LogP contribution in [0.3, 0.4) is 0 Å². The Labute approximate surface area is 55.9 Å². The van der Waals surface area contributed by atoms with Gasteiger partial charge < -0.3 is 15.1 Å². The van der Waals surface area contributed by atoms with Crippen molar-refractivity contribution in [3.8, 4) is 0 Å². The molecule has 0 N–H and O–H groups in total. The summed E-state index contributed by atoms with van der Waals surface area (Å²) in [5, 5.41) is 25.2. The van der Waals surface area contributed by atoms with Gasteiger partial charge in [0.2, 0.25) is 0 Å². The molecular formula is BCl2CoO3. The predicted octanol–water partition coefficient (Wildman–Crippen LogP) is -2.57. The van der Waals surface area contributed by atoms with Crippen LogP contribution in [0.5, 0.6) is 0 Å². The molecule has 0 saturated heterocycles. The molecule has 3 nitrogen and oxygen atoms in total. The molecule has 0 aliphatic rings. The average Bonchev–Trinajstić information content (AvgIpc) is 1.33. The van der Waals surface area contributed by atoms with E-state index in [1.165, 1.54) is 0 Å². The summed E-state index contributed by atoms with van der Waals surface area (Å²) in [5.74, 6) is 0. The van der Waals surface area contributed by atoms with Gasteiger partial charge in [-0.1, -0.05) is 0 Å². The van der Waals surface area contributed by atoms with Gasteiger partial charge in [-0.2, -0.15) is 0 Å². The molecule has 0 aliphatic heterocycles. The largest absolute Gasteiger partial charge is 0.907 e. The van der Waals surface area contributed by atoms with Crippen LogP contribution in [-0.2, 0) is 12.9 Å². The molecule has 0 bridgehead atoms. The van der Waals surface area contributed by atoms with Crippen LogP contribution < -0.4 is 15.1 Å². The van der Waals surface area contributed by atoms with E-state index in [0.29, 0.717) is 12.9 Å². The first kappa shape index (κ1) is 10.9. The summed E-state index contributed by atoms with van der Waals surface area (Å²) in [6, 6.07) is 0. The zero-order valence-corrected chi connectivity index (χ0v) is 5.44. The third-order valence-electron chi connectivity index (χ3n) is 0. The molecule has 0 spiro atoms. The molecule has 0 saturated carbocycles. The maximum Gasteiger partial charge on any atom is -0.278 e. The Morgan fingerprint density at radius 2 is 1.14 bits per heavy atom. The van der Waals surface area contributed by atoms with Gasteiger partial charge in [0.1, 0.15) is 0 Å². The van der Waals surface area contributed by atoms with Crippen LogP contribution in [-0.4, -0.2) is 7.32 Å². The summed E-state index contributed by atoms with van der Waals surface area (Å²) in [6.07, 6.45) is 0. The Balaban J connectivity index is 0. The minimum Gasteiger partial charge on any atom is -0.907 e. The van der Waals surface area contributed by atoms with Gasteiger partial charge in [-0.25, -0.2) is 0 Å². The molecule has 0 aromatic rings. The first-order valence-corrected chi connectivity index (χ1v) is 3.82. The van der Waals surface area contributed by atoms with Crippen LogP contribution in [0, 0.1) is 0 Å².